The third-order valence-electron chi connectivity index (χ3n) is 2.66. The van der Waals surface area contributed by atoms with E-state index in [1.54, 1.807) is 31.2 Å². The van der Waals surface area contributed by atoms with Crippen LogP contribution in [-0.2, 0) is 4.79 Å². The van der Waals surface area contributed by atoms with Crippen molar-refractivity contribution in [3.05, 3.63) is 24.3 Å². The van der Waals surface area contributed by atoms with Crippen LogP contribution in [0.3, 0.4) is 0 Å². The number of ether oxygens (including phenoxy) is 1. The second-order valence-corrected chi connectivity index (χ2v) is 4.95. The molecule has 0 radical (unpaired) electrons. The highest BCUT2D eigenvalue weighted by Crippen LogP contribution is 2.16. The summed E-state index contributed by atoms with van der Waals surface area (Å²) < 4.78 is 5.48. The maximum Gasteiger partial charge on any atom is 0.224 e. The molecule has 0 heterocycles. The molecular formula is C15H24N2O3. The van der Waals surface area contributed by atoms with E-state index in [1.807, 2.05) is 13.8 Å². The molecule has 0 saturated heterocycles. The molecule has 0 fully saturated rings. The second-order valence-electron chi connectivity index (χ2n) is 4.95. The lowest BCUT2D eigenvalue weighted by molar-refractivity contribution is -0.115. The molecule has 0 aliphatic heterocycles. The van der Waals surface area contributed by atoms with Crippen molar-refractivity contribution in [2.24, 2.45) is 0 Å². The number of benzene rings is 1. The van der Waals surface area contributed by atoms with Gasteiger partial charge in [0.05, 0.1) is 0 Å². The zero-order valence-corrected chi connectivity index (χ0v) is 12.3. The zero-order chi connectivity index (χ0) is 15.0. The van der Waals surface area contributed by atoms with Crippen LogP contribution < -0.4 is 15.4 Å². The van der Waals surface area contributed by atoms with Crippen LogP contribution in [0.25, 0.3) is 0 Å². The lowest BCUT2D eigenvalue weighted by atomic mass is 10.3. The zero-order valence-electron chi connectivity index (χ0n) is 12.3. The highest BCUT2D eigenvalue weighted by atomic mass is 16.5. The van der Waals surface area contributed by atoms with Crippen LogP contribution in [0.2, 0.25) is 0 Å². The smallest absolute Gasteiger partial charge is 0.224 e. The van der Waals surface area contributed by atoms with E-state index >= 15 is 0 Å². The molecule has 0 aliphatic rings. The monoisotopic (exact) mass is 280 g/mol. The van der Waals surface area contributed by atoms with Gasteiger partial charge in [0.15, 0.2) is 0 Å². The average Bonchev–Trinajstić information content (AvgIpc) is 2.44. The standard InChI is InChI=1S/C15H24N2O3/c1-4-15(19)17-12-5-7-14(8-6-12)20-10-13(18)9-16-11(2)3/h5-8,11,13,16,18H,4,9-10H2,1-3H3,(H,17,19)/t13-/m0/s1. The summed E-state index contributed by atoms with van der Waals surface area (Å²) in [4.78, 5) is 11.2. The van der Waals surface area contributed by atoms with Gasteiger partial charge in [0, 0.05) is 24.7 Å². The number of aliphatic hydroxyl groups excluding tert-OH is 1. The Bertz CT molecular complexity index is 404. The predicted octanol–water partition coefficient (Wildman–Crippen LogP) is 1.77. The van der Waals surface area contributed by atoms with Gasteiger partial charge in [-0.05, 0) is 24.3 Å². The van der Waals surface area contributed by atoms with Gasteiger partial charge in [-0.2, -0.15) is 0 Å². The van der Waals surface area contributed by atoms with Crippen LogP contribution in [0.15, 0.2) is 24.3 Å². The van der Waals surface area contributed by atoms with E-state index in [1.165, 1.54) is 0 Å². The summed E-state index contributed by atoms with van der Waals surface area (Å²) in [5, 5.41) is 15.6. The minimum Gasteiger partial charge on any atom is -0.491 e. The van der Waals surface area contributed by atoms with Crippen molar-refractivity contribution in [3.63, 3.8) is 0 Å². The molecule has 1 rings (SSSR count). The Morgan fingerprint density at radius 3 is 2.50 bits per heavy atom. The Morgan fingerprint density at radius 2 is 1.95 bits per heavy atom. The fraction of sp³-hybridized carbons (Fsp3) is 0.533. The number of hydrogen-bond acceptors (Lipinski definition) is 4. The molecule has 1 aromatic carbocycles. The lowest BCUT2D eigenvalue weighted by Crippen LogP contribution is -2.35. The van der Waals surface area contributed by atoms with Gasteiger partial charge in [-0.3, -0.25) is 4.79 Å². The second kappa shape index (κ2) is 8.55. The van der Waals surface area contributed by atoms with Gasteiger partial charge in [-0.1, -0.05) is 20.8 Å². The van der Waals surface area contributed by atoms with Gasteiger partial charge < -0.3 is 20.5 Å². The number of carbonyl (C=O) groups excluding carboxylic acids is 1. The van der Waals surface area contributed by atoms with Crippen molar-refractivity contribution in [3.8, 4) is 5.75 Å². The molecule has 0 aromatic heterocycles. The Labute approximate surface area is 120 Å². The number of aliphatic hydroxyl groups is 1. The number of carbonyl (C=O) groups is 1. The van der Waals surface area contributed by atoms with Crippen molar-refractivity contribution < 1.29 is 14.6 Å². The summed E-state index contributed by atoms with van der Waals surface area (Å²) in [6, 6.07) is 7.44. The third-order valence-corrected chi connectivity index (χ3v) is 2.66. The summed E-state index contributed by atoms with van der Waals surface area (Å²) in [5.74, 6) is 0.650. The molecule has 0 aliphatic carbocycles. The number of nitrogens with one attached hydrogen (secondary N) is 2. The normalized spacial score (nSPS) is 12.2. The molecule has 1 atom stereocenters. The minimum atomic E-state index is -0.545. The topological polar surface area (TPSA) is 70.6 Å². The average molecular weight is 280 g/mol. The first-order chi connectivity index (χ1) is 9.51. The van der Waals surface area contributed by atoms with E-state index in [4.69, 9.17) is 4.74 Å². The lowest BCUT2D eigenvalue weighted by Gasteiger charge is -2.15. The van der Waals surface area contributed by atoms with E-state index in [9.17, 15) is 9.90 Å². The fourth-order valence-corrected chi connectivity index (χ4v) is 1.51. The maximum atomic E-state index is 11.2. The fourth-order valence-electron chi connectivity index (χ4n) is 1.51. The molecule has 1 amide bonds. The van der Waals surface area contributed by atoms with Crippen LogP contribution in [0.1, 0.15) is 27.2 Å². The highest BCUT2D eigenvalue weighted by molar-refractivity contribution is 5.90. The Balaban J connectivity index is 2.36. The quantitative estimate of drug-likeness (QED) is 0.679. The van der Waals surface area contributed by atoms with Crippen molar-refractivity contribution in [2.75, 3.05) is 18.5 Å². The number of rotatable bonds is 8. The van der Waals surface area contributed by atoms with Crippen LogP contribution in [0.5, 0.6) is 5.75 Å². The number of hydrogen-bond donors (Lipinski definition) is 3. The molecular weight excluding hydrogens is 256 g/mol. The van der Waals surface area contributed by atoms with Gasteiger partial charge in [-0.15, -0.1) is 0 Å². The minimum absolute atomic E-state index is 0.0196. The van der Waals surface area contributed by atoms with Crippen molar-refractivity contribution >= 4 is 11.6 Å². The summed E-state index contributed by atoms with van der Waals surface area (Å²) in [6.45, 7) is 6.59. The molecule has 0 spiro atoms. The molecule has 3 N–H and O–H groups in total. The van der Waals surface area contributed by atoms with E-state index in [2.05, 4.69) is 10.6 Å². The largest absolute Gasteiger partial charge is 0.491 e. The Kier molecular flexibility index (Phi) is 7.04. The highest BCUT2D eigenvalue weighted by Gasteiger charge is 2.06. The van der Waals surface area contributed by atoms with Crippen LogP contribution in [0, 0.1) is 0 Å². The van der Waals surface area contributed by atoms with Crippen LogP contribution in [0.4, 0.5) is 5.69 Å². The molecule has 5 heteroatoms. The number of amides is 1. The SMILES string of the molecule is CCC(=O)Nc1ccc(OC[C@@H](O)CNC(C)C)cc1. The van der Waals surface area contributed by atoms with Crippen molar-refractivity contribution in [1.29, 1.82) is 0 Å². The maximum absolute atomic E-state index is 11.2. The van der Waals surface area contributed by atoms with Crippen LogP contribution in [-0.4, -0.2) is 36.3 Å². The number of anilines is 1. The first kappa shape index (κ1) is 16.5. The first-order valence-electron chi connectivity index (χ1n) is 6.95. The summed E-state index contributed by atoms with van der Waals surface area (Å²) in [7, 11) is 0. The predicted molar refractivity (Wildman–Crippen MR) is 80.0 cm³/mol. The Hall–Kier alpha value is -1.59. The molecule has 1 aromatic rings. The molecule has 0 saturated carbocycles. The molecule has 112 valence electrons. The van der Waals surface area contributed by atoms with E-state index in [0.29, 0.717) is 24.8 Å². The van der Waals surface area contributed by atoms with E-state index < -0.39 is 6.10 Å². The van der Waals surface area contributed by atoms with Gasteiger partial charge >= 0.3 is 0 Å². The third kappa shape index (κ3) is 6.54. The van der Waals surface area contributed by atoms with E-state index in [-0.39, 0.29) is 12.5 Å². The molecule has 0 unspecified atom stereocenters. The van der Waals surface area contributed by atoms with Gasteiger partial charge in [0.1, 0.15) is 18.5 Å². The molecule has 5 nitrogen and oxygen atoms in total. The molecule has 20 heavy (non-hydrogen) atoms. The van der Waals surface area contributed by atoms with Gasteiger partial charge in [-0.25, -0.2) is 0 Å². The first-order valence-corrected chi connectivity index (χ1v) is 6.95. The van der Waals surface area contributed by atoms with E-state index in [0.717, 1.165) is 5.69 Å². The summed E-state index contributed by atoms with van der Waals surface area (Å²) in [5.41, 5.74) is 0.742. The molecule has 0 bridgehead atoms. The van der Waals surface area contributed by atoms with Crippen molar-refractivity contribution in [1.82, 2.24) is 5.32 Å². The summed E-state index contributed by atoms with van der Waals surface area (Å²) in [6.07, 6.45) is -0.0929. The van der Waals surface area contributed by atoms with Gasteiger partial charge in [0.2, 0.25) is 5.91 Å². The Morgan fingerprint density at radius 1 is 1.30 bits per heavy atom. The van der Waals surface area contributed by atoms with Crippen LogP contribution >= 0.6 is 0 Å². The van der Waals surface area contributed by atoms with Crippen molar-refractivity contribution in [2.45, 2.75) is 39.3 Å². The van der Waals surface area contributed by atoms with Gasteiger partial charge in [0.25, 0.3) is 0 Å². The summed E-state index contributed by atoms with van der Waals surface area (Å²) >= 11 is 0.